The second-order valence-corrected chi connectivity index (χ2v) is 6.33. The molecule has 21 heavy (non-hydrogen) atoms. The molecule has 0 aromatic heterocycles. The normalized spacial score (nSPS) is 25.0. The fraction of sp³-hybridized carbons (Fsp3) is 0.667. The maximum absolute atomic E-state index is 5.48. The van der Waals surface area contributed by atoms with Crippen LogP contribution in [0.4, 0.5) is 0 Å². The average molecular weight is 288 g/mol. The second-order valence-electron chi connectivity index (χ2n) is 6.33. The van der Waals surface area contributed by atoms with Crippen molar-refractivity contribution in [2.75, 3.05) is 45.9 Å². The van der Waals surface area contributed by atoms with Crippen LogP contribution in [0.3, 0.4) is 0 Å². The first-order chi connectivity index (χ1) is 10.4. The van der Waals surface area contributed by atoms with Gasteiger partial charge in [-0.2, -0.15) is 0 Å². The molecule has 0 amide bonds. The summed E-state index contributed by atoms with van der Waals surface area (Å²) in [6.07, 6.45) is 5.21. The van der Waals surface area contributed by atoms with Crippen LogP contribution in [0.15, 0.2) is 30.3 Å². The summed E-state index contributed by atoms with van der Waals surface area (Å²) in [5.74, 6) is 0. The predicted molar refractivity (Wildman–Crippen MR) is 86.6 cm³/mol. The van der Waals surface area contributed by atoms with E-state index in [-0.39, 0.29) is 0 Å². The van der Waals surface area contributed by atoms with E-state index in [1.54, 1.807) is 0 Å². The Morgan fingerprint density at radius 2 is 1.86 bits per heavy atom. The van der Waals surface area contributed by atoms with Gasteiger partial charge < -0.3 is 9.64 Å². The van der Waals surface area contributed by atoms with Gasteiger partial charge in [-0.05, 0) is 44.3 Å². The number of likely N-dealkylation sites (tertiary alicyclic amines) is 1. The molecule has 1 aromatic carbocycles. The summed E-state index contributed by atoms with van der Waals surface area (Å²) in [4.78, 5) is 5.32. The van der Waals surface area contributed by atoms with Crippen molar-refractivity contribution in [1.82, 2.24) is 9.80 Å². The highest BCUT2D eigenvalue weighted by Gasteiger charge is 2.26. The van der Waals surface area contributed by atoms with Crippen LogP contribution in [-0.2, 0) is 11.2 Å². The Kier molecular flexibility index (Phi) is 5.67. The van der Waals surface area contributed by atoms with Gasteiger partial charge in [-0.25, -0.2) is 0 Å². The number of ether oxygens (including phenoxy) is 1. The van der Waals surface area contributed by atoms with E-state index in [1.807, 2.05) is 0 Å². The van der Waals surface area contributed by atoms with E-state index < -0.39 is 0 Å². The fourth-order valence-corrected chi connectivity index (χ4v) is 3.63. The maximum atomic E-state index is 5.48. The van der Waals surface area contributed by atoms with Crippen molar-refractivity contribution >= 4 is 0 Å². The van der Waals surface area contributed by atoms with Crippen molar-refractivity contribution in [3.8, 4) is 0 Å². The molecular formula is C18H28N2O. The van der Waals surface area contributed by atoms with E-state index in [4.69, 9.17) is 4.74 Å². The number of rotatable bonds is 5. The molecule has 3 rings (SSSR count). The van der Waals surface area contributed by atoms with Crippen molar-refractivity contribution in [3.05, 3.63) is 35.9 Å². The molecule has 1 aromatic rings. The lowest BCUT2D eigenvalue weighted by Gasteiger charge is -2.41. The van der Waals surface area contributed by atoms with Crippen LogP contribution >= 0.6 is 0 Å². The minimum absolute atomic E-state index is 0.763. The Morgan fingerprint density at radius 1 is 1.05 bits per heavy atom. The summed E-state index contributed by atoms with van der Waals surface area (Å²) in [7, 11) is 0. The predicted octanol–water partition coefficient (Wildman–Crippen LogP) is 2.42. The molecule has 3 heteroatoms. The van der Waals surface area contributed by atoms with Crippen molar-refractivity contribution < 1.29 is 4.74 Å². The van der Waals surface area contributed by atoms with Crippen LogP contribution in [0.2, 0.25) is 0 Å². The lowest BCUT2D eigenvalue weighted by molar-refractivity contribution is -0.00263. The van der Waals surface area contributed by atoms with E-state index in [1.165, 1.54) is 50.9 Å². The van der Waals surface area contributed by atoms with Crippen LogP contribution in [-0.4, -0.2) is 61.8 Å². The zero-order valence-corrected chi connectivity index (χ0v) is 13.0. The Bertz CT molecular complexity index is 403. The molecular weight excluding hydrogens is 260 g/mol. The Morgan fingerprint density at radius 3 is 2.67 bits per heavy atom. The Labute approximate surface area is 128 Å². The molecule has 0 spiro atoms. The number of benzene rings is 1. The van der Waals surface area contributed by atoms with E-state index >= 15 is 0 Å². The van der Waals surface area contributed by atoms with Crippen LogP contribution in [0.1, 0.15) is 24.8 Å². The molecule has 2 aliphatic rings. The van der Waals surface area contributed by atoms with Gasteiger partial charge in [0.1, 0.15) is 0 Å². The summed E-state index contributed by atoms with van der Waals surface area (Å²) in [6, 6.07) is 11.6. The van der Waals surface area contributed by atoms with Crippen LogP contribution in [0, 0.1) is 0 Å². The van der Waals surface area contributed by atoms with E-state index in [9.17, 15) is 0 Å². The highest BCUT2D eigenvalue weighted by molar-refractivity contribution is 5.14. The molecule has 0 N–H and O–H groups in total. The molecule has 0 radical (unpaired) electrons. The number of nitrogens with zero attached hydrogens (tertiary/aromatic N) is 2. The van der Waals surface area contributed by atoms with Crippen molar-refractivity contribution in [2.45, 2.75) is 31.7 Å². The zero-order valence-electron chi connectivity index (χ0n) is 13.0. The van der Waals surface area contributed by atoms with Gasteiger partial charge in [-0.15, -0.1) is 0 Å². The molecule has 2 saturated heterocycles. The largest absolute Gasteiger partial charge is 0.379 e. The van der Waals surface area contributed by atoms with Gasteiger partial charge in [-0.1, -0.05) is 30.3 Å². The van der Waals surface area contributed by atoms with Crippen LogP contribution in [0.25, 0.3) is 0 Å². The smallest absolute Gasteiger partial charge is 0.0594 e. The van der Waals surface area contributed by atoms with Crippen molar-refractivity contribution in [2.24, 2.45) is 0 Å². The molecule has 0 aliphatic carbocycles. The SMILES string of the molecule is c1ccc(CCCN2CCC[C@H](N3CCOCC3)C2)cc1. The average Bonchev–Trinajstić information content (AvgIpc) is 2.57. The van der Waals surface area contributed by atoms with Gasteiger partial charge in [0.05, 0.1) is 13.2 Å². The summed E-state index contributed by atoms with van der Waals surface area (Å²) >= 11 is 0. The summed E-state index contributed by atoms with van der Waals surface area (Å²) in [6.45, 7) is 7.89. The molecule has 3 nitrogen and oxygen atoms in total. The Hall–Kier alpha value is -0.900. The highest BCUT2D eigenvalue weighted by Crippen LogP contribution is 2.17. The number of piperidine rings is 1. The zero-order chi connectivity index (χ0) is 14.3. The van der Waals surface area contributed by atoms with Crippen LogP contribution < -0.4 is 0 Å². The monoisotopic (exact) mass is 288 g/mol. The molecule has 2 heterocycles. The first kappa shape index (κ1) is 15.0. The topological polar surface area (TPSA) is 15.7 Å². The quantitative estimate of drug-likeness (QED) is 0.827. The first-order valence-corrected chi connectivity index (χ1v) is 8.50. The van der Waals surface area contributed by atoms with Gasteiger partial charge in [-0.3, -0.25) is 4.90 Å². The van der Waals surface area contributed by atoms with E-state index in [0.29, 0.717) is 0 Å². The number of hydrogen-bond donors (Lipinski definition) is 0. The molecule has 2 aliphatic heterocycles. The summed E-state index contributed by atoms with van der Waals surface area (Å²) < 4.78 is 5.48. The first-order valence-electron chi connectivity index (χ1n) is 8.50. The van der Waals surface area contributed by atoms with Gasteiger partial charge >= 0.3 is 0 Å². The number of aryl methyl sites for hydroxylation is 1. The van der Waals surface area contributed by atoms with Gasteiger partial charge in [0, 0.05) is 25.7 Å². The lowest BCUT2D eigenvalue weighted by atomic mass is 10.0. The van der Waals surface area contributed by atoms with Gasteiger partial charge in [0.25, 0.3) is 0 Å². The van der Waals surface area contributed by atoms with Crippen molar-refractivity contribution in [1.29, 1.82) is 0 Å². The fourth-order valence-electron chi connectivity index (χ4n) is 3.63. The van der Waals surface area contributed by atoms with Crippen molar-refractivity contribution in [3.63, 3.8) is 0 Å². The van der Waals surface area contributed by atoms with E-state index in [2.05, 4.69) is 40.1 Å². The standard InChI is InChI=1S/C18H28N2O/c1-2-6-17(7-3-1)8-4-10-19-11-5-9-18(16-19)20-12-14-21-15-13-20/h1-3,6-7,18H,4-5,8-16H2/t18-/m0/s1. The number of morpholine rings is 1. The molecule has 116 valence electrons. The lowest BCUT2D eigenvalue weighted by Crippen LogP contribution is -2.51. The summed E-state index contributed by atoms with van der Waals surface area (Å²) in [5, 5.41) is 0. The molecule has 0 saturated carbocycles. The van der Waals surface area contributed by atoms with Gasteiger partial charge in [0.15, 0.2) is 0 Å². The highest BCUT2D eigenvalue weighted by atomic mass is 16.5. The maximum Gasteiger partial charge on any atom is 0.0594 e. The third-order valence-corrected chi connectivity index (χ3v) is 4.83. The minimum atomic E-state index is 0.763. The molecule has 0 bridgehead atoms. The van der Waals surface area contributed by atoms with E-state index in [0.717, 1.165) is 32.3 Å². The third kappa shape index (κ3) is 4.53. The Balaban J connectivity index is 1.41. The molecule has 1 atom stereocenters. The third-order valence-electron chi connectivity index (χ3n) is 4.83. The molecule has 0 unspecified atom stereocenters. The second kappa shape index (κ2) is 7.92. The summed E-state index contributed by atoms with van der Waals surface area (Å²) in [5.41, 5.74) is 1.47. The minimum Gasteiger partial charge on any atom is -0.379 e. The van der Waals surface area contributed by atoms with Gasteiger partial charge in [0.2, 0.25) is 0 Å². The number of hydrogen-bond acceptors (Lipinski definition) is 3. The van der Waals surface area contributed by atoms with Crippen LogP contribution in [0.5, 0.6) is 0 Å². The molecule has 2 fully saturated rings.